The number of hydrogen-bond donors (Lipinski definition) is 1. The van der Waals surface area contributed by atoms with Crippen molar-refractivity contribution in [3.8, 4) is 0 Å². The van der Waals surface area contributed by atoms with Crippen LogP contribution in [-0.4, -0.2) is 23.3 Å². The second-order valence-corrected chi connectivity index (χ2v) is 8.29. The van der Waals surface area contributed by atoms with Gasteiger partial charge in [0.05, 0.1) is 17.1 Å². The Kier molecular flexibility index (Phi) is 5.54. The number of nitro benzene ring substituents is 1. The number of hydrogen-bond acceptors (Lipinski definition) is 6. The van der Waals surface area contributed by atoms with Crippen LogP contribution in [0.2, 0.25) is 5.02 Å². The van der Waals surface area contributed by atoms with Gasteiger partial charge in [0, 0.05) is 45.5 Å². The van der Waals surface area contributed by atoms with Gasteiger partial charge in [-0.05, 0) is 38.3 Å². The molecule has 29 heavy (non-hydrogen) atoms. The number of nitrogens with one attached hydrogen (secondary N) is 1. The molecule has 0 saturated carbocycles. The molecule has 1 N–H and O–H groups in total. The number of ether oxygens (including phenoxy) is 1. The van der Waals surface area contributed by atoms with Gasteiger partial charge in [0.15, 0.2) is 5.78 Å². The van der Waals surface area contributed by atoms with Gasteiger partial charge in [0.25, 0.3) is 5.69 Å². The van der Waals surface area contributed by atoms with Crippen molar-refractivity contribution in [2.75, 3.05) is 6.61 Å². The Bertz CT molecular complexity index is 977. The molecule has 3 rings (SSSR count). The number of nitro groups is 1. The summed E-state index contributed by atoms with van der Waals surface area (Å²) in [7, 11) is 0. The number of carbonyl (C=O) groups excluding carboxylic acids is 2. The summed E-state index contributed by atoms with van der Waals surface area (Å²) in [5, 5.41) is 14.8. The van der Waals surface area contributed by atoms with E-state index in [1.165, 1.54) is 18.2 Å². The summed E-state index contributed by atoms with van der Waals surface area (Å²) in [4.78, 5) is 37.0. The van der Waals surface area contributed by atoms with Gasteiger partial charge in [-0.25, -0.2) is 4.79 Å². The van der Waals surface area contributed by atoms with E-state index in [9.17, 15) is 19.7 Å². The van der Waals surface area contributed by atoms with E-state index in [2.05, 4.69) is 5.32 Å². The molecule has 0 amide bonds. The van der Waals surface area contributed by atoms with Crippen LogP contribution in [0.25, 0.3) is 0 Å². The molecule has 8 heteroatoms. The van der Waals surface area contributed by atoms with Crippen molar-refractivity contribution < 1.29 is 19.2 Å². The lowest BCUT2D eigenvalue weighted by Crippen LogP contribution is -2.40. The SMILES string of the molecule is CCOC(=O)C1=C(C)NC2=C(C(=O)C(C)(C)CC2)C1c1cc([N+](=O)[O-])ccc1Cl. The maximum absolute atomic E-state index is 13.4. The van der Waals surface area contributed by atoms with Crippen LogP contribution in [0.1, 0.15) is 52.0 Å². The van der Waals surface area contributed by atoms with E-state index in [1.807, 2.05) is 13.8 Å². The molecular weight excluding hydrogens is 396 g/mol. The van der Waals surface area contributed by atoms with E-state index in [-0.39, 0.29) is 28.7 Å². The fourth-order valence-electron chi connectivity index (χ4n) is 3.93. The Balaban J connectivity index is 2.28. The lowest BCUT2D eigenvalue weighted by Gasteiger charge is -2.39. The topological polar surface area (TPSA) is 98.5 Å². The number of esters is 1. The first kappa shape index (κ1) is 21.0. The summed E-state index contributed by atoms with van der Waals surface area (Å²) in [5.41, 5.74) is 1.54. The van der Waals surface area contributed by atoms with Gasteiger partial charge in [-0.2, -0.15) is 0 Å². The molecule has 1 aromatic rings. The number of nitrogens with zero attached hydrogens (tertiary/aromatic N) is 1. The predicted octanol–water partition coefficient (Wildman–Crippen LogP) is 4.42. The average Bonchev–Trinajstić information content (AvgIpc) is 2.64. The third-order valence-electron chi connectivity index (χ3n) is 5.50. The van der Waals surface area contributed by atoms with Crippen LogP contribution in [0.5, 0.6) is 0 Å². The van der Waals surface area contributed by atoms with Crippen molar-refractivity contribution in [2.45, 2.75) is 46.5 Å². The third kappa shape index (κ3) is 3.67. The monoisotopic (exact) mass is 418 g/mol. The largest absolute Gasteiger partial charge is 0.463 e. The number of halogens is 1. The van der Waals surface area contributed by atoms with Crippen molar-refractivity contribution in [1.29, 1.82) is 0 Å². The summed E-state index contributed by atoms with van der Waals surface area (Å²) >= 11 is 6.43. The van der Waals surface area contributed by atoms with Gasteiger partial charge >= 0.3 is 5.97 Å². The van der Waals surface area contributed by atoms with Crippen LogP contribution < -0.4 is 5.32 Å². The third-order valence-corrected chi connectivity index (χ3v) is 5.85. The van der Waals surface area contributed by atoms with E-state index < -0.39 is 22.2 Å². The van der Waals surface area contributed by atoms with Crippen LogP contribution in [-0.2, 0) is 14.3 Å². The molecular formula is C21H23ClN2O5. The molecule has 1 unspecified atom stereocenters. The molecule has 0 aromatic heterocycles. The van der Waals surface area contributed by atoms with Crippen molar-refractivity contribution in [3.05, 3.63) is 61.4 Å². The molecule has 0 radical (unpaired) electrons. The number of rotatable bonds is 4. The highest BCUT2D eigenvalue weighted by Gasteiger charge is 2.45. The van der Waals surface area contributed by atoms with Gasteiger partial charge in [0.1, 0.15) is 0 Å². The zero-order valence-electron chi connectivity index (χ0n) is 16.8. The van der Waals surface area contributed by atoms with Gasteiger partial charge in [-0.3, -0.25) is 14.9 Å². The minimum Gasteiger partial charge on any atom is -0.463 e. The highest BCUT2D eigenvalue weighted by Crippen LogP contribution is 2.48. The maximum Gasteiger partial charge on any atom is 0.336 e. The van der Waals surface area contributed by atoms with Crippen molar-refractivity contribution in [2.24, 2.45) is 5.41 Å². The van der Waals surface area contributed by atoms with Crippen LogP contribution in [0, 0.1) is 15.5 Å². The summed E-state index contributed by atoms with van der Waals surface area (Å²) < 4.78 is 5.24. The Hall–Kier alpha value is -2.67. The quantitative estimate of drug-likeness (QED) is 0.441. The van der Waals surface area contributed by atoms with E-state index in [4.69, 9.17) is 16.3 Å². The van der Waals surface area contributed by atoms with Gasteiger partial charge < -0.3 is 10.1 Å². The Morgan fingerprint density at radius 2 is 2.10 bits per heavy atom. The first-order valence-corrected chi connectivity index (χ1v) is 9.83. The zero-order valence-corrected chi connectivity index (χ0v) is 17.6. The van der Waals surface area contributed by atoms with Crippen molar-refractivity contribution in [1.82, 2.24) is 5.32 Å². The zero-order chi connectivity index (χ0) is 21.5. The number of Topliss-reactive ketones (excluding diaryl/α,β-unsaturated/α-hetero) is 1. The first-order chi connectivity index (χ1) is 13.6. The number of non-ortho nitro benzene ring substituents is 1. The van der Waals surface area contributed by atoms with Crippen molar-refractivity contribution >= 4 is 29.0 Å². The van der Waals surface area contributed by atoms with E-state index in [1.54, 1.807) is 13.8 Å². The number of ketones is 1. The number of dihydropyridines is 1. The van der Waals surface area contributed by atoms with E-state index >= 15 is 0 Å². The molecule has 0 saturated heterocycles. The second-order valence-electron chi connectivity index (χ2n) is 7.89. The molecule has 1 atom stereocenters. The minimum atomic E-state index is -0.829. The van der Waals surface area contributed by atoms with Crippen LogP contribution in [0.15, 0.2) is 40.7 Å². The fraction of sp³-hybridized carbons (Fsp3) is 0.429. The standard InChI is InChI=1S/C21H23ClN2O5/c1-5-29-20(26)16-11(2)23-15-8-9-21(3,4)19(25)18(15)17(16)13-10-12(24(27)28)6-7-14(13)22/h6-7,10,17,23H,5,8-9H2,1-4H3. The molecule has 1 heterocycles. The summed E-state index contributed by atoms with van der Waals surface area (Å²) in [6, 6.07) is 4.06. The molecule has 1 aromatic carbocycles. The van der Waals surface area contributed by atoms with Crippen LogP contribution >= 0.6 is 11.6 Å². The number of benzene rings is 1. The van der Waals surface area contributed by atoms with Gasteiger partial charge in [-0.1, -0.05) is 25.4 Å². The molecule has 7 nitrogen and oxygen atoms in total. The molecule has 1 aliphatic carbocycles. The Morgan fingerprint density at radius 1 is 1.41 bits per heavy atom. The lowest BCUT2D eigenvalue weighted by atomic mass is 9.67. The Labute approximate surface area is 173 Å². The van der Waals surface area contributed by atoms with Crippen molar-refractivity contribution in [3.63, 3.8) is 0 Å². The molecule has 2 aliphatic rings. The maximum atomic E-state index is 13.4. The number of allylic oxidation sites excluding steroid dienone is 3. The van der Waals surface area contributed by atoms with E-state index in [0.29, 0.717) is 29.7 Å². The normalized spacial score (nSPS) is 20.9. The average molecular weight is 419 g/mol. The highest BCUT2D eigenvalue weighted by atomic mass is 35.5. The molecule has 154 valence electrons. The van der Waals surface area contributed by atoms with Gasteiger partial charge in [-0.15, -0.1) is 0 Å². The van der Waals surface area contributed by atoms with Gasteiger partial charge in [0.2, 0.25) is 0 Å². The molecule has 0 spiro atoms. The van der Waals surface area contributed by atoms with E-state index in [0.717, 1.165) is 5.70 Å². The minimum absolute atomic E-state index is 0.104. The summed E-state index contributed by atoms with van der Waals surface area (Å²) in [5.74, 6) is -1.51. The van der Waals surface area contributed by atoms with Crippen LogP contribution in [0.3, 0.4) is 0 Å². The lowest BCUT2D eigenvalue weighted by molar-refractivity contribution is -0.384. The Morgan fingerprint density at radius 3 is 2.72 bits per heavy atom. The number of carbonyl (C=O) groups is 2. The summed E-state index contributed by atoms with van der Waals surface area (Å²) in [6.45, 7) is 7.31. The van der Waals surface area contributed by atoms with Crippen LogP contribution in [0.4, 0.5) is 5.69 Å². The predicted molar refractivity (Wildman–Crippen MR) is 108 cm³/mol. The first-order valence-electron chi connectivity index (χ1n) is 9.45. The second kappa shape index (κ2) is 7.63. The molecule has 0 bridgehead atoms. The molecule has 0 fully saturated rings. The highest BCUT2D eigenvalue weighted by molar-refractivity contribution is 6.31. The summed E-state index contributed by atoms with van der Waals surface area (Å²) in [6.07, 6.45) is 1.29. The smallest absolute Gasteiger partial charge is 0.336 e. The molecule has 1 aliphatic heterocycles. The fourth-order valence-corrected chi connectivity index (χ4v) is 4.16.